The minimum absolute atomic E-state index is 0.112. The van der Waals surface area contributed by atoms with Crippen molar-refractivity contribution in [3.63, 3.8) is 0 Å². The quantitative estimate of drug-likeness (QED) is 0.744. The van der Waals surface area contributed by atoms with Crippen molar-refractivity contribution in [2.45, 2.75) is 58.3 Å². The lowest BCUT2D eigenvalue weighted by atomic mass is 9.86. The lowest BCUT2D eigenvalue weighted by molar-refractivity contribution is -0.151. The first-order valence-corrected chi connectivity index (χ1v) is 8.15. The normalized spacial score (nSPS) is 24.4. The monoisotopic (exact) mass is 281 g/mol. The molecular formula is C16H27NO3. The Morgan fingerprint density at radius 1 is 1.10 bits per heavy atom. The molecule has 114 valence electrons. The van der Waals surface area contributed by atoms with Gasteiger partial charge < -0.3 is 9.64 Å². The van der Waals surface area contributed by atoms with E-state index in [0.717, 1.165) is 19.4 Å². The van der Waals surface area contributed by atoms with Crippen molar-refractivity contribution in [2.75, 3.05) is 19.7 Å². The smallest absolute Gasteiger partial charge is 0.310 e. The first-order valence-electron chi connectivity index (χ1n) is 8.15. The molecular weight excluding hydrogens is 254 g/mol. The summed E-state index contributed by atoms with van der Waals surface area (Å²) in [4.78, 5) is 26.1. The van der Waals surface area contributed by atoms with Crippen LogP contribution in [0.2, 0.25) is 0 Å². The van der Waals surface area contributed by atoms with Crippen LogP contribution in [-0.4, -0.2) is 36.5 Å². The van der Waals surface area contributed by atoms with E-state index in [2.05, 4.69) is 0 Å². The summed E-state index contributed by atoms with van der Waals surface area (Å²) in [5, 5.41) is 0. The number of ether oxygens (including phenoxy) is 1. The third-order valence-corrected chi connectivity index (χ3v) is 4.58. The Kier molecular flexibility index (Phi) is 5.86. The van der Waals surface area contributed by atoms with Gasteiger partial charge in [-0.05, 0) is 38.5 Å². The van der Waals surface area contributed by atoms with Crippen LogP contribution >= 0.6 is 0 Å². The number of nitrogens with zero attached hydrogens (tertiary/aromatic N) is 1. The van der Waals surface area contributed by atoms with E-state index in [0.29, 0.717) is 25.5 Å². The molecule has 0 bridgehead atoms. The second-order valence-corrected chi connectivity index (χ2v) is 6.14. The SMILES string of the molecule is CCOC(=O)[C@@H]1CCCN(C(=O)CC2CCCCC2)C1. The zero-order valence-corrected chi connectivity index (χ0v) is 12.6. The molecule has 4 heteroatoms. The van der Waals surface area contributed by atoms with Crippen LogP contribution in [0, 0.1) is 11.8 Å². The van der Waals surface area contributed by atoms with Gasteiger partial charge in [0.25, 0.3) is 0 Å². The average Bonchev–Trinajstić information content (AvgIpc) is 2.48. The zero-order chi connectivity index (χ0) is 14.4. The Hall–Kier alpha value is -1.06. The standard InChI is InChI=1S/C16H27NO3/c1-2-20-16(19)14-9-6-10-17(12-14)15(18)11-13-7-4-3-5-8-13/h13-14H,2-12H2,1H3/t14-/m1/s1. The molecule has 4 nitrogen and oxygen atoms in total. The van der Waals surface area contributed by atoms with Gasteiger partial charge in [0.2, 0.25) is 5.91 Å². The molecule has 1 saturated carbocycles. The molecule has 1 heterocycles. The summed E-state index contributed by atoms with van der Waals surface area (Å²) in [6, 6.07) is 0. The highest BCUT2D eigenvalue weighted by molar-refractivity contribution is 5.78. The number of amides is 1. The van der Waals surface area contributed by atoms with Crippen molar-refractivity contribution in [3.05, 3.63) is 0 Å². The van der Waals surface area contributed by atoms with Crippen LogP contribution in [0.5, 0.6) is 0 Å². The Labute approximate surface area is 121 Å². The topological polar surface area (TPSA) is 46.6 Å². The molecule has 0 radical (unpaired) electrons. The molecule has 2 rings (SSSR count). The molecule has 0 unspecified atom stereocenters. The van der Waals surface area contributed by atoms with E-state index in [4.69, 9.17) is 4.74 Å². The van der Waals surface area contributed by atoms with Gasteiger partial charge >= 0.3 is 5.97 Å². The van der Waals surface area contributed by atoms with Crippen molar-refractivity contribution in [1.82, 2.24) is 4.90 Å². The van der Waals surface area contributed by atoms with E-state index in [1.165, 1.54) is 32.1 Å². The maximum atomic E-state index is 12.4. The summed E-state index contributed by atoms with van der Waals surface area (Å²) in [7, 11) is 0. The van der Waals surface area contributed by atoms with Gasteiger partial charge in [-0.3, -0.25) is 9.59 Å². The highest BCUT2D eigenvalue weighted by atomic mass is 16.5. The molecule has 0 aromatic carbocycles. The number of carbonyl (C=O) groups is 2. The van der Waals surface area contributed by atoms with Crippen molar-refractivity contribution in [3.8, 4) is 0 Å². The maximum absolute atomic E-state index is 12.4. The third kappa shape index (κ3) is 4.22. The van der Waals surface area contributed by atoms with Crippen molar-refractivity contribution >= 4 is 11.9 Å². The highest BCUT2D eigenvalue weighted by Crippen LogP contribution is 2.28. The van der Waals surface area contributed by atoms with Gasteiger partial charge in [0, 0.05) is 19.5 Å². The molecule has 0 aromatic rings. The molecule has 20 heavy (non-hydrogen) atoms. The van der Waals surface area contributed by atoms with Gasteiger partial charge in [0.05, 0.1) is 12.5 Å². The van der Waals surface area contributed by atoms with E-state index >= 15 is 0 Å². The van der Waals surface area contributed by atoms with Crippen LogP contribution in [0.4, 0.5) is 0 Å². The summed E-state index contributed by atoms with van der Waals surface area (Å²) >= 11 is 0. The van der Waals surface area contributed by atoms with Crippen molar-refractivity contribution in [1.29, 1.82) is 0 Å². The molecule has 1 atom stereocenters. The number of rotatable bonds is 4. The number of piperidine rings is 1. The predicted octanol–water partition coefficient (Wildman–Crippen LogP) is 2.76. The van der Waals surface area contributed by atoms with Gasteiger partial charge in [-0.2, -0.15) is 0 Å². The lowest BCUT2D eigenvalue weighted by Crippen LogP contribution is -2.43. The number of esters is 1. The van der Waals surface area contributed by atoms with Crippen molar-refractivity contribution in [2.24, 2.45) is 11.8 Å². The molecule has 0 N–H and O–H groups in total. The molecule has 0 aromatic heterocycles. The van der Waals surface area contributed by atoms with E-state index in [-0.39, 0.29) is 17.8 Å². The van der Waals surface area contributed by atoms with Crippen LogP contribution in [-0.2, 0) is 14.3 Å². The minimum Gasteiger partial charge on any atom is -0.466 e. The maximum Gasteiger partial charge on any atom is 0.310 e. The lowest BCUT2D eigenvalue weighted by Gasteiger charge is -2.33. The zero-order valence-electron chi connectivity index (χ0n) is 12.6. The van der Waals surface area contributed by atoms with E-state index in [1.807, 2.05) is 11.8 Å². The molecule has 1 saturated heterocycles. The third-order valence-electron chi connectivity index (χ3n) is 4.58. The number of carbonyl (C=O) groups excluding carboxylic acids is 2. The fourth-order valence-electron chi connectivity index (χ4n) is 3.42. The fourth-order valence-corrected chi connectivity index (χ4v) is 3.42. The Morgan fingerprint density at radius 2 is 1.85 bits per heavy atom. The summed E-state index contributed by atoms with van der Waals surface area (Å²) < 4.78 is 5.08. The van der Waals surface area contributed by atoms with Gasteiger partial charge in [0.1, 0.15) is 0 Å². The first kappa shape index (κ1) is 15.3. The van der Waals surface area contributed by atoms with Gasteiger partial charge in [0.15, 0.2) is 0 Å². The largest absolute Gasteiger partial charge is 0.466 e. The first-order chi connectivity index (χ1) is 9.70. The van der Waals surface area contributed by atoms with E-state index in [1.54, 1.807) is 0 Å². The Bertz CT molecular complexity index is 337. The van der Waals surface area contributed by atoms with Crippen molar-refractivity contribution < 1.29 is 14.3 Å². The fraction of sp³-hybridized carbons (Fsp3) is 0.875. The summed E-state index contributed by atoms with van der Waals surface area (Å²) in [6.07, 6.45) is 8.69. The molecule has 1 aliphatic heterocycles. The second-order valence-electron chi connectivity index (χ2n) is 6.14. The summed E-state index contributed by atoms with van der Waals surface area (Å²) in [5.41, 5.74) is 0. The average molecular weight is 281 g/mol. The van der Waals surface area contributed by atoms with E-state index < -0.39 is 0 Å². The predicted molar refractivity (Wildman–Crippen MR) is 77.1 cm³/mol. The molecule has 2 fully saturated rings. The van der Waals surface area contributed by atoms with Crippen LogP contribution in [0.25, 0.3) is 0 Å². The van der Waals surface area contributed by atoms with Crippen LogP contribution in [0.15, 0.2) is 0 Å². The summed E-state index contributed by atoms with van der Waals surface area (Å²) in [6.45, 7) is 3.62. The van der Waals surface area contributed by atoms with Gasteiger partial charge in [-0.15, -0.1) is 0 Å². The second kappa shape index (κ2) is 7.65. The van der Waals surface area contributed by atoms with Crippen LogP contribution in [0.1, 0.15) is 58.3 Å². The molecule has 1 amide bonds. The van der Waals surface area contributed by atoms with E-state index in [9.17, 15) is 9.59 Å². The number of likely N-dealkylation sites (tertiary alicyclic amines) is 1. The molecule has 1 aliphatic carbocycles. The summed E-state index contributed by atoms with van der Waals surface area (Å²) in [5.74, 6) is 0.562. The number of hydrogen-bond donors (Lipinski definition) is 0. The highest BCUT2D eigenvalue weighted by Gasteiger charge is 2.30. The molecule has 2 aliphatic rings. The molecule has 0 spiro atoms. The van der Waals surface area contributed by atoms with Gasteiger partial charge in [-0.1, -0.05) is 19.3 Å². The number of hydrogen-bond acceptors (Lipinski definition) is 3. The van der Waals surface area contributed by atoms with Gasteiger partial charge in [-0.25, -0.2) is 0 Å². The minimum atomic E-state index is -0.136. The van der Waals surface area contributed by atoms with Crippen LogP contribution in [0.3, 0.4) is 0 Å². The van der Waals surface area contributed by atoms with Crippen LogP contribution < -0.4 is 0 Å². The Morgan fingerprint density at radius 3 is 2.55 bits per heavy atom. The Balaban J connectivity index is 1.81.